The molecule has 1 aromatic carbocycles. The zero-order valence-electron chi connectivity index (χ0n) is 8.41. The van der Waals surface area contributed by atoms with Crippen molar-refractivity contribution in [1.82, 2.24) is 0 Å². The molecule has 0 saturated carbocycles. The van der Waals surface area contributed by atoms with Gasteiger partial charge in [-0.1, -0.05) is 0 Å². The molecule has 0 aromatic heterocycles. The van der Waals surface area contributed by atoms with Crippen molar-refractivity contribution in [1.29, 1.82) is 0 Å². The first kappa shape index (κ1) is 12.1. The number of aliphatic carboxylic acids is 1. The van der Waals surface area contributed by atoms with Gasteiger partial charge in [0.05, 0.1) is 0 Å². The van der Waals surface area contributed by atoms with Crippen LogP contribution < -0.4 is 0 Å². The van der Waals surface area contributed by atoms with Gasteiger partial charge >= 0.3 is 92.0 Å². The van der Waals surface area contributed by atoms with Gasteiger partial charge in [0.15, 0.2) is 0 Å². The van der Waals surface area contributed by atoms with Crippen LogP contribution in [0.4, 0.5) is 0 Å². The third kappa shape index (κ3) is 3.64. The number of carboxylic acids is 1. The molecule has 1 aromatic rings. The van der Waals surface area contributed by atoms with Crippen LogP contribution in [0.1, 0.15) is 5.56 Å². The van der Waals surface area contributed by atoms with Gasteiger partial charge in [0.2, 0.25) is 0 Å². The molecule has 0 fully saturated rings. The van der Waals surface area contributed by atoms with E-state index in [-0.39, 0.29) is 12.2 Å². The molecule has 0 saturated heterocycles. The number of rotatable bonds is 5. The fourth-order valence-electron chi connectivity index (χ4n) is 1.20. The van der Waals surface area contributed by atoms with E-state index < -0.39 is 12.0 Å². The Morgan fingerprint density at radius 2 is 2.06 bits per heavy atom. The zero-order chi connectivity index (χ0) is 12.0. The molecule has 0 heterocycles. The molecule has 0 bridgehead atoms. The second-order valence-electron chi connectivity index (χ2n) is 3.16. The maximum absolute atomic E-state index is 10.8. The van der Waals surface area contributed by atoms with Crippen LogP contribution in [-0.4, -0.2) is 35.5 Å². The first-order valence-electron chi connectivity index (χ1n) is 4.61. The van der Waals surface area contributed by atoms with Crippen LogP contribution in [0, 0.1) is 0 Å². The molecule has 1 atom stereocenters. The summed E-state index contributed by atoms with van der Waals surface area (Å²) < 4.78 is 10.1. The number of aromatic hydroxyl groups is 1. The van der Waals surface area contributed by atoms with Crippen LogP contribution >= 0.6 is 0 Å². The molecule has 0 aliphatic carbocycles. The normalized spacial score (nSPS) is 12.2. The molecule has 6 heteroatoms. The van der Waals surface area contributed by atoms with E-state index in [1.54, 1.807) is 12.1 Å². The summed E-state index contributed by atoms with van der Waals surface area (Å²) in [5.41, 5.74) is 0.730. The summed E-state index contributed by atoms with van der Waals surface area (Å²) >= 11 is 0. The summed E-state index contributed by atoms with van der Waals surface area (Å²) in [6, 6.07) is 5.19. The summed E-state index contributed by atoms with van der Waals surface area (Å²) in [6.07, 6.45) is 1.11. The van der Waals surface area contributed by atoms with E-state index in [1.807, 2.05) is 0 Å². The van der Waals surface area contributed by atoms with Gasteiger partial charge in [-0.2, -0.15) is 0 Å². The molecular formula is C10H10BNO4. The quantitative estimate of drug-likeness (QED) is 0.556. The minimum atomic E-state index is -1.09. The number of aliphatic imine (C=N–C) groups is 1. The topological polar surface area (TPSA) is 87.0 Å². The predicted octanol–water partition coefficient (Wildman–Crippen LogP) is 0.466. The fourth-order valence-corrected chi connectivity index (χ4v) is 1.20. The molecule has 0 aliphatic heterocycles. The number of hydrogen-bond acceptors (Lipinski definition) is 4. The van der Waals surface area contributed by atoms with Gasteiger partial charge in [0.25, 0.3) is 0 Å². The zero-order valence-corrected chi connectivity index (χ0v) is 8.41. The summed E-state index contributed by atoms with van der Waals surface area (Å²) in [6.45, 7) is 0. The Labute approximate surface area is 92.7 Å². The summed E-state index contributed by atoms with van der Waals surface area (Å²) in [4.78, 5) is 14.4. The average Bonchev–Trinajstić information content (AvgIpc) is 2.26. The Morgan fingerprint density at radius 3 is 2.56 bits per heavy atom. The Bertz CT molecular complexity index is 402. The number of nitrogens with zero attached hydrogens (tertiary/aromatic N) is 1. The van der Waals surface area contributed by atoms with Crippen LogP contribution in [0.5, 0.6) is 5.75 Å². The number of carbonyl (C=O) groups is 1. The summed E-state index contributed by atoms with van der Waals surface area (Å²) in [7, 11) is 0.437. The molecule has 2 N–H and O–H groups in total. The number of phenolic OH excluding ortho intramolecular Hbond substituents is 1. The standard InChI is InChI=1S/C10H10BNO4/c13-8-3-1-7(2-4-8)5-9(10(14)15)12-6-11-16/h1-4,6,9,13H,5H2,(H,14,15)/t9-/m0/s1. The second kappa shape index (κ2) is 5.80. The van der Waals surface area contributed by atoms with E-state index in [2.05, 4.69) is 4.99 Å². The number of benzene rings is 1. The molecule has 0 aliphatic rings. The van der Waals surface area contributed by atoms with E-state index in [0.29, 0.717) is 7.15 Å². The Balaban J connectivity index is 2.75. The number of phenols is 1. The van der Waals surface area contributed by atoms with Gasteiger partial charge in [-0.15, -0.1) is 0 Å². The van der Waals surface area contributed by atoms with Gasteiger partial charge in [0.1, 0.15) is 0 Å². The molecule has 0 spiro atoms. The monoisotopic (exact) mass is 219 g/mol. The molecule has 0 radical (unpaired) electrons. The maximum atomic E-state index is 10.8. The van der Waals surface area contributed by atoms with E-state index >= 15 is 0 Å². The van der Waals surface area contributed by atoms with Crippen molar-refractivity contribution >= 4 is 19.2 Å². The van der Waals surface area contributed by atoms with E-state index in [1.165, 1.54) is 12.1 Å². The van der Waals surface area contributed by atoms with Crippen molar-refractivity contribution in [2.24, 2.45) is 4.99 Å². The summed E-state index contributed by atoms with van der Waals surface area (Å²) in [5.74, 6) is -0.974. The first-order valence-corrected chi connectivity index (χ1v) is 4.61. The van der Waals surface area contributed by atoms with Crippen LogP contribution in [-0.2, 0) is 15.9 Å². The van der Waals surface area contributed by atoms with E-state index in [0.717, 1.165) is 11.7 Å². The Kier molecular flexibility index (Phi) is 4.38. The van der Waals surface area contributed by atoms with Gasteiger partial charge in [-0.3, -0.25) is 0 Å². The molecule has 82 valence electrons. The molecule has 0 amide bonds. The Morgan fingerprint density at radius 1 is 1.44 bits per heavy atom. The van der Waals surface area contributed by atoms with Gasteiger partial charge in [-0.25, -0.2) is 0 Å². The van der Waals surface area contributed by atoms with Gasteiger partial charge in [-0.05, 0) is 0 Å². The fraction of sp³-hybridized carbons (Fsp3) is 0.200. The van der Waals surface area contributed by atoms with Crippen LogP contribution in [0.3, 0.4) is 0 Å². The Hall–Kier alpha value is -1.98. The van der Waals surface area contributed by atoms with Crippen molar-refractivity contribution in [3.05, 3.63) is 29.8 Å². The van der Waals surface area contributed by atoms with Crippen LogP contribution in [0.25, 0.3) is 0 Å². The average molecular weight is 219 g/mol. The third-order valence-electron chi connectivity index (χ3n) is 1.98. The van der Waals surface area contributed by atoms with Crippen molar-refractivity contribution in [2.75, 3.05) is 0 Å². The molecule has 16 heavy (non-hydrogen) atoms. The third-order valence-corrected chi connectivity index (χ3v) is 1.98. The van der Waals surface area contributed by atoms with E-state index in [4.69, 9.17) is 10.2 Å². The van der Waals surface area contributed by atoms with Crippen molar-refractivity contribution < 1.29 is 19.7 Å². The van der Waals surface area contributed by atoms with Gasteiger partial charge < -0.3 is 0 Å². The molecule has 1 rings (SSSR count). The molecular weight excluding hydrogens is 209 g/mol. The second-order valence-corrected chi connectivity index (χ2v) is 3.16. The number of hydrogen-bond donors (Lipinski definition) is 2. The minimum absolute atomic E-state index is 0.118. The predicted molar refractivity (Wildman–Crippen MR) is 58.2 cm³/mol. The van der Waals surface area contributed by atoms with E-state index in [9.17, 15) is 9.50 Å². The number of carboxylic acid groups (broad SMARTS) is 1. The summed E-state index contributed by atoms with van der Waals surface area (Å²) in [5, 5.41) is 17.9. The molecule has 0 unspecified atom stereocenters. The van der Waals surface area contributed by atoms with Crippen molar-refractivity contribution in [3.63, 3.8) is 0 Å². The molecule has 5 nitrogen and oxygen atoms in total. The van der Waals surface area contributed by atoms with Gasteiger partial charge in [0, 0.05) is 0 Å². The van der Waals surface area contributed by atoms with Crippen molar-refractivity contribution in [3.8, 4) is 5.75 Å². The SMILES string of the molecule is O=BC=N[C@@H](Cc1ccc(O)cc1)C(=O)O. The van der Waals surface area contributed by atoms with Crippen molar-refractivity contribution in [2.45, 2.75) is 12.5 Å². The van der Waals surface area contributed by atoms with Crippen LogP contribution in [0.15, 0.2) is 29.3 Å². The first-order chi connectivity index (χ1) is 7.63. The van der Waals surface area contributed by atoms with Crippen LogP contribution in [0.2, 0.25) is 0 Å².